The number of ether oxygens (including phenoxy) is 1. The van der Waals surface area contributed by atoms with Crippen molar-refractivity contribution in [1.82, 2.24) is 4.72 Å². The van der Waals surface area contributed by atoms with Crippen molar-refractivity contribution in [2.24, 2.45) is 0 Å². The Hall–Kier alpha value is -1.69. The van der Waals surface area contributed by atoms with Crippen LogP contribution in [-0.2, 0) is 14.8 Å². The maximum absolute atomic E-state index is 12.5. The fraction of sp³-hybridized carbons (Fsp3) is 0.333. The second-order valence-corrected chi connectivity index (χ2v) is 7.45. The second kappa shape index (κ2) is 7.25. The standard InChI is InChI=1S/C18H23NO3S/c1-13-9-10-16(11-15(13)3)23(20,21)19-12-18(22-4)17-8-6-5-7-14(17)2/h5-11,18-19H,12H2,1-4H3. The summed E-state index contributed by atoms with van der Waals surface area (Å²) in [5, 5.41) is 0. The van der Waals surface area contributed by atoms with Crippen molar-refractivity contribution in [2.75, 3.05) is 13.7 Å². The summed E-state index contributed by atoms with van der Waals surface area (Å²) >= 11 is 0. The van der Waals surface area contributed by atoms with Crippen LogP contribution in [-0.4, -0.2) is 22.1 Å². The number of hydrogen-bond donors (Lipinski definition) is 1. The Balaban J connectivity index is 2.17. The monoisotopic (exact) mass is 333 g/mol. The minimum Gasteiger partial charge on any atom is -0.375 e. The predicted octanol–water partition coefficient (Wildman–Crippen LogP) is 3.28. The van der Waals surface area contributed by atoms with Crippen LogP contribution in [0.4, 0.5) is 0 Å². The third kappa shape index (κ3) is 4.19. The molecule has 1 N–H and O–H groups in total. The van der Waals surface area contributed by atoms with Gasteiger partial charge in [-0.3, -0.25) is 0 Å². The fourth-order valence-electron chi connectivity index (χ4n) is 2.42. The molecule has 0 saturated carbocycles. The highest BCUT2D eigenvalue weighted by molar-refractivity contribution is 7.89. The summed E-state index contributed by atoms with van der Waals surface area (Å²) in [7, 11) is -1.97. The molecule has 0 spiro atoms. The summed E-state index contributed by atoms with van der Waals surface area (Å²) in [6.45, 7) is 6.04. The zero-order chi connectivity index (χ0) is 17.0. The lowest BCUT2D eigenvalue weighted by molar-refractivity contribution is 0.107. The molecular formula is C18H23NO3S. The highest BCUT2D eigenvalue weighted by atomic mass is 32.2. The van der Waals surface area contributed by atoms with Gasteiger partial charge in [-0.1, -0.05) is 30.3 Å². The van der Waals surface area contributed by atoms with E-state index in [1.807, 2.05) is 51.1 Å². The first kappa shape index (κ1) is 17.7. The van der Waals surface area contributed by atoms with E-state index < -0.39 is 10.0 Å². The molecular weight excluding hydrogens is 310 g/mol. The molecule has 4 nitrogen and oxygen atoms in total. The van der Waals surface area contributed by atoms with Gasteiger partial charge in [0.15, 0.2) is 0 Å². The maximum atomic E-state index is 12.5. The van der Waals surface area contributed by atoms with E-state index in [0.29, 0.717) is 0 Å². The third-order valence-electron chi connectivity index (χ3n) is 4.07. The van der Waals surface area contributed by atoms with Gasteiger partial charge in [0.25, 0.3) is 0 Å². The Morgan fingerprint density at radius 2 is 1.70 bits per heavy atom. The Bertz CT molecular complexity index is 785. The molecule has 5 heteroatoms. The lowest BCUT2D eigenvalue weighted by Gasteiger charge is -2.18. The third-order valence-corrected chi connectivity index (χ3v) is 5.49. The minimum atomic E-state index is -3.56. The summed E-state index contributed by atoms with van der Waals surface area (Å²) in [5.41, 5.74) is 4.08. The molecule has 0 bridgehead atoms. The highest BCUT2D eigenvalue weighted by Gasteiger charge is 2.19. The topological polar surface area (TPSA) is 55.4 Å². The van der Waals surface area contributed by atoms with Gasteiger partial charge in [0.05, 0.1) is 11.0 Å². The van der Waals surface area contributed by atoms with E-state index in [1.54, 1.807) is 19.2 Å². The minimum absolute atomic E-state index is 0.191. The Kier molecular flexibility index (Phi) is 5.57. The molecule has 0 aromatic heterocycles. The van der Waals surface area contributed by atoms with Crippen LogP contribution in [0.5, 0.6) is 0 Å². The summed E-state index contributed by atoms with van der Waals surface area (Å²) in [4.78, 5) is 0.278. The van der Waals surface area contributed by atoms with Gasteiger partial charge in [-0.2, -0.15) is 0 Å². The molecule has 0 aliphatic rings. The lowest BCUT2D eigenvalue weighted by atomic mass is 10.0. The van der Waals surface area contributed by atoms with Gasteiger partial charge in [-0.05, 0) is 55.2 Å². The highest BCUT2D eigenvalue weighted by Crippen LogP contribution is 2.21. The van der Waals surface area contributed by atoms with Crippen LogP contribution in [0.2, 0.25) is 0 Å². The lowest BCUT2D eigenvalue weighted by Crippen LogP contribution is -2.29. The van der Waals surface area contributed by atoms with E-state index in [9.17, 15) is 8.42 Å². The van der Waals surface area contributed by atoms with Crippen LogP contribution in [0.1, 0.15) is 28.4 Å². The van der Waals surface area contributed by atoms with E-state index in [2.05, 4.69) is 4.72 Å². The Morgan fingerprint density at radius 3 is 2.30 bits per heavy atom. The second-order valence-electron chi connectivity index (χ2n) is 5.68. The van der Waals surface area contributed by atoms with Crippen molar-refractivity contribution in [3.8, 4) is 0 Å². The first-order valence-corrected chi connectivity index (χ1v) is 8.98. The van der Waals surface area contributed by atoms with Gasteiger partial charge >= 0.3 is 0 Å². The molecule has 0 aliphatic heterocycles. The van der Waals surface area contributed by atoms with Crippen molar-refractivity contribution in [1.29, 1.82) is 0 Å². The van der Waals surface area contributed by atoms with Gasteiger partial charge < -0.3 is 4.74 Å². The number of rotatable bonds is 6. The van der Waals surface area contributed by atoms with Crippen molar-refractivity contribution < 1.29 is 13.2 Å². The number of nitrogens with one attached hydrogen (secondary N) is 1. The molecule has 0 aliphatic carbocycles. The van der Waals surface area contributed by atoms with Crippen molar-refractivity contribution in [3.05, 3.63) is 64.7 Å². The van der Waals surface area contributed by atoms with Gasteiger partial charge in [0, 0.05) is 13.7 Å². The smallest absolute Gasteiger partial charge is 0.240 e. The predicted molar refractivity (Wildman–Crippen MR) is 92.0 cm³/mol. The van der Waals surface area contributed by atoms with Gasteiger partial charge in [-0.15, -0.1) is 0 Å². The first-order valence-electron chi connectivity index (χ1n) is 7.50. The molecule has 2 aromatic rings. The van der Waals surface area contributed by atoms with Crippen LogP contribution in [0, 0.1) is 20.8 Å². The maximum Gasteiger partial charge on any atom is 0.240 e. The van der Waals surface area contributed by atoms with Crippen LogP contribution < -0.4 is 4.72 Å². The molecule has 2 aromatic carbocycles. The summed E-state index contributed by atoms with van der Waals surface area (Å²) in [6.07, 6.45) is -0.322. The fourth-order valence-corrected chi connectivity index (χ4v) is 3.53. The molecule has 0 saturated heterocycles. The molecule has 0 heterocycles. The van der Waals surface area contributed by atoms with E-state index in [0.717, 1.165) is 22.3 Å². The molecule has 1 unspecified atom stereocenters. The number of methoxy groups -OCH3 is 1. The molecule has 0 fully saturated rings. The molecule has 124 valence electrons. The summed E-state index contributed by atoms with van der Waals surface area (Å²) in [6, 6.07) is 12.9. The molecule has 1 atom stereocenters. The first-order chi connectivity index (χ1) is 10.8. The molecule has 0 radical (unpaired) electrons. The number of hydrogen-bond acceptors (Lipinski definition) is 3. The van der Waals surface area contributed by atoms with Crippen LogP contribution in [0.15, 0.2) is 47.4 Å². The van der Waals surface area contributed by atoms with Crippen molar-refractivity contribution in [3.63, 3.8) is 0 Å². The molecule has 2 rings (SSSR count). The van der Waals surface area contributed by atoms with E-state index in [-0.39, 0.29) is 17.5 Å². The van der Waals surface area contributed by atoms with E-state index >= 15 is 0 Å². The normalized spacial score (nSPS) is 13.0. The summed E-state index contributed by atoms with van der Waals surface area (Å²) < 4.78 is 33.0. The van der Waals surface area contributed by atoms with E-state index in [4.69, 9.17) is 4.74 Å². The van der Waals surface area contributed by atoms with Crippen molar-refractivity contribution >= 4 is 10.0 Å². The zero-order valence-electron chi connectivity index (χ0n) is 14.0. The van der Waals surface area contributed by atoms with Crippen LogP contribution in [0.25, 0.3) is 0 Å². The van der Waals surface area contributed by atoms with Gasteiger partial charge in [0.1, 0.15) is 0 Å². The SMILES string of the molecule is COC(CNS(=O)(=O)c1ccc(C)c(C)c1)c1ccccc1C. The van der Waals surface area contributed by atoms with Crippen LogP contribution in [0.3, 0.4) is 0 Å². The Morgan fingerprint density at radius 1 is 1.00 bits per heavy atom. The van der Waals surface area contributed by atoms with E-state index in [1.165, 1.54) is 0 Å². The number of benzene rings is 2. The quantitative estimate of drug-likeness (QED) is 0.882. The number of aryl methyl sites for hydroxylation is 3. The van der Waals surface area contributed by atoms with Gasteiger partial charge in [-0.25, -0.2) is 13.1 Å². The number of sulfonamides is 1. The Labute approximate surface area is 138 Å². The average Bonchev–Trinajstić information content (AvgIpc) is 2.52. The van der Waals surface area contributed by atoms with Crippen molar-refractivity contribution in [2.45, 2.75) is 31.8 Å². The largest absolute Gasteiger partial charge is 0.375 e. The van der Waals surface area contributed by atoms with Crippen LogP contribution >= 0.6 is 0 Å². The average molecular weight is 333 g/mol. The molecule has 23 heavy (non-hydrogen) atoms. The van der Waals surface area contributed by atoms with Gasteiger partial charge in [0.2, 0.25) is 10.0 Å². The molecule has 0 amide bonds. The zero-order valence-corrected chi connectivity index (χ0v) is 14.8. The summed E-state index contributed by atoms with van der Waals surface area (Å²) in [5.74, 6) is 0.